The third-order valence-electron chi connectivity index (χ3n) is 4.92. The molecular weight excluding hydrogens is 456 g/mol. The van der Waals surface area contributed by atoms with Crippen molar-refractivity contribution in [1.29, 1.82) is 0 Å². The second-order valence-corrected chi connectivity index (χ2v) is 10.1. The smallest absolute Gasteiger partial charge is 0.264 e. The van der Waals surface area contributed by atoms with Crippen LogP contribution in [0.25, 0.3) is 0 Å². The Bertz CT molecular complexity index is 1320. The van der Waals surface area contributed by atoms with E-state index in [-0.39, 0.29) is 17.3 Å². The molecule has 1 aromatic heterocycles. The standard InChI is InChI=1S/C24H22N4O3S2/c1-2-28(20-11-7-4-8-12-20)33(30,31)21-15-13-19(14-16-21)23(29)25-24-27-26-22(32-24)17-18-9-5-3-6-10-18/h3-16H,2,17H2,1H3,(H,25,27,29). The molecule has 168 valence electrons. The average Bonchev–Trinajstić information content (AvgIpc) is 3.27. The Hall–Kier alpha value is -3.56. The van der Waals surface area contributed by atoms with Crippen LogP contribution in [0.3, 0.4) is 0 Å². The van der Waals surface area contributed by atoms with Crippen LogP contribution in [-0.4, -0.2) is 31.1 Å². The molecule has 3 aromatic carbocycles. The molecule has 7 nitrogen and oxygen atoms in total. The van der Waals surface area contributed by atoms with Gasteiger partial charge in [0.2, 0.25) is 5.13 Å². The molecular formula is C24H22N4O3S2. The normalized spacial score (nSPS) is 11.2. The van der Waals surface area contributed by atoms with Gasteiger partial charge in [0.05, 0.1) is 10.6 Å². The summed E-state index contributed by atoms with van der Waals surface area (Å²) >= 11 is 1.31. The van der Waals surface area contributed by atoms with Crippen molar-refractivity contribution in [3.8, 4) is 0 Å². The van der Waals surface area contributed by atoms with E-state index in [4.69, 9.17) is 0 Å². The predicted octanol–water partition coefficient (Wildman–Crippen LogP) is 4.60. The quantitative estimate of drug-likeness (QED) is 0.400. The molecule has 4 rings (SSSR count). The fraction of sp³-hybridized carbons (Fsp3) is 0.125. The van der Waals surface area contributed by atoms with Crippen molar-refractivity contribution in [2.24, 2.45) is 0 Å². The van der Waals surface area contributed by atoms with Gasteiger partial charge in [-0.05, 0) is 48.9 Å². The van der Waals surface area contributed by atoms with E-state index in [0.717, 1.165) is 10.6 Å². The van der Waals surface area contributed by atoms with Crippen molar-refractivity contribution in [2.75, 3.05) is 16.2 Å². The summed E-state index contributed by atoms with van der Waals surface area (Å²) < 4.78 is 27.5. The van der Waals surface area contributed by atoms with Crippen LogP contribution in [0.2, 0.25) is 0 Å². The number of benzene rings is 3. The number of anilines is 2. The van der Waals surface area contributed by atoms with E-state index in [2.05, 4.69) is 15.5 Å². The summed E-state index contributed by atoms with van der Waals surface area (Å²) in [7, 11) is -3.75. The van der Waals surface area contributed by atoms with E-state index in [9.17, 15) is 13.2 Å². The molecule has 1 N–H and O–H groups in total. The third kappa shape index (κ3) is 5.27. The van der Waals surface area contributed by atoms with Gasteiger partial charge in [-0.15, -0.1) is 10.2 Å². The molecule has 0 aliphatic rings. The lowest BCUT2D eigenvalue weighted by molar-refractivity contribution is 0.102. The zero-order valence-electron chi connectivity index (χ0n) is 17.9. The topological polar surface area (TPSA) is 92.3 Å². The Morgan fingerprint density at radius 1 is 0.909 bits per heavy atom. The molecule has 1 amide bonds. The number of nitrogens with one attached hydrogen (secondary N) is 1. The van der Waals surface area contributed by atoms with Crippen LogP contribution in [0.5, 0.6) is 0 Å². The highest BCUT2D eigenvalue weighted by molar-refractivity contribution is 7.92. The van der Waals surface area contributed by atoms with Crippen LogP contribution in [0, 0.1) is 0 Å². The fourth-order valence-corrected chi connectivity index (χ4v) is 5.55. The Labute approximate surface area is 196 Å². The van der Waals surface area contributed by atoms with Gasteiger partial charge < -0.3 is 0 Å². The van der Waals surface area contributed by atoms with Crippen molar-refractivity contribution in [2.45, 2.75) is 18.2 Å². The zero-order chi connectivity index (χ0) is 23.3. The summed E-state index contributed by atoms with van der Waals surface area (Å²) in [6.07, 6.45) is 0.635. The monoisotopic (exact) mass is 478 g/mol. The molecule has 1 heterocycles. The number of aromatic nitrogens is 2. The van der Waals surface area contributed by atoms with Crippen LogP contribution in [-0.2, 0) is 16.4 Å². The maximum Gasteiger partial charge on any atom is 0.264 e. The Morgan fingerprint density at radius 3 is 2.18 bits per heavy atom. The van der Waals surface area contributed by atoms with Crippen molar-refractivity contribution in [3.63, 3.8) is 0 Å². The van der Waals surface area contributed by atoms with Gasteiger partial charge in [-0.3, -0.25) is 14.4 Å². The fourth-order valence-electron chi connectivity index (χ4n) is 3.31. The minimum atomic E-state index is -3.75. The summed E-state index contributed by atoms with van der Waals surface area (Å²) in [6, 6.07) is 24.7. The molecule has 0 saturated carbocycles. The number of hydrogen-bond donors (Lipinski definition) is 1. The van der Waals surface area contributed by atoms with Gasteiger partial charge in [-0.2, -0.15) is 0 Å². The van der Waals surface area contributed by atoms with Gasteiger partial charge in [0.1, 0.15) is 5.01 Å². The minimum Gasteiger partial charge on any atom is -0.296 e. The van der Waals surface area contributed by atoms with Gasteiger partial charge in [0.25, 0.3) is 15.9 Å². The van der Waals surface area contributed by atoms with Crippen molar-refractivity contribution in [3.05, 3.63) is 101 Å². The number of sulfonamides is 1. The maximum atomic E-state index is 13.1. The molecule has 0 fully saturated rings. The molecule has 0 spiro atoms. The maximum absolute atomic E-state index is 13.1. The molecule has 0 bridgehead atoms. The summed E-state index contributed by atoms with van der Waals surface area (Å²) in [5, 5.41) is 12.1. The van der Waals surface area contributed by atoms with Crippen molar-refractivity contribution < 1.29 is 13.2 Å². The van der Waals surface area contributed by atoms with Crippen LogP contribution in [0.4, 0.5) is 10.8 Å². The first-order valence-electron chi connectivity index (χ1n) is 10.3. The first-order chi connectivity index (χ1) is 16.0. The Morgan fingerprint density at radius 2 is 1.55 bits per heavy atom. The van der Waals surface area contributed by atoms with Crippen LogP contribution in [0.15, 0.2) is 89.8 Å². The molecule has 33 heavy (non-hydrogen) atoms. The Balaban J connectivity index is 1.45. The number of carbonyl (C=O) groups excluding carboxylic acids is 1. The Kier molecular flexibility index (Phi) is 6.81. The second-order valence-electron chi connectivity index (χ2n) is 7.15. The number of carbonyl (C=O) groups is 1. The SMILES string of the molecule is CCN(c1ccccc1)S(=O)(=O)c1ccc(C(=O)Nc2nnc(Cc3ccccc3)s2)cc1. The average molecular weight is 479 g/mol. The molecule has 0 aliphatic carbocycles. The lowest BCUT2D eigenvalue weighted by Gasteiger charge is -2.22. The van der Waals surface area contributed by atoms with Crippen LogP contribution >= 0.6 is 11.3 Å². The van der Waals surface area contributed by atoms with E-state index in [1.165, 1.54) is 39.9 Å². The third-order valence-corrected chi connectivity index (χ3v) is 7.68. The van der Waals surface area contributed by atoms with E-state index in [1.807, 2.05) is 36.4 Å². The van der Waals surface area contributed by atoms with Gasteiger partial charge in [0, 0.05) is 18.5 Å². The lowest BCUT2D eigenvalue weighted by atomic mass is 10.2. The molecule has 0 radical (unpaired) electrons. The highest BCUT2D eigenvalue weighted by atomic mass is 32.2. The summed E-state index contributed by atoms with van der Waals surface area (Å²) in [6.45, 7) is 2.07. The number of amides is 1. The van der Waals surface area contributed by atoms with Gasteiger partial charge >= 0.3 is 0 Å². The second kappa shape index (κ2) is 9.93. The molecule has 0 aliphatic heterocycles. The van der Waals surface area contributed by atoms with Gasteiger partial charge in [0.15, 0.2) is 0 Å². The number of hydrogen-bond acceptors (Lipinski definition) is 6. The van der Waals surface area contributed by atoms with Crippen LogP contribution < -0.4 is 9.62 Å². The number of para-hydroxylation sites is 1. The van der Waals surface area contributed by atoms with Crippen molar-refractivity contribution >= 4 is 38.1 Å². The van der Waals surface area contributed by atoms with Gasteiger partial charge in [-0.25, -0.2) is 8.42 Å². The molecule has 9 heteroatoms. The summed E-state index contributed by atoms with van der Waals surface area (Å²) in [5.41, 5.74) is 2.03. The minimum absolute atomic E-state index is 0.116. The molecule has 0 unspecified atom stereocenters. The first kappa shape index (κ1) is 22.6. The zero-order valence-corrected chi connectivity index (χ0v) is 19.5. The number of nitrogens with zero attached hydrogens (tertiary/aromatic N) is 3. The van der Waals surface area contributed by atoms with E-state index in [0.29, 0.717) is 22.8 Å². The molecule has 0 saturated heterocycles. The van der Waals surface area contributed by atoms with Gasteiger partial charge in [-0.1, -0.05) is 59.9 Å². The van der Waals surface area contributed by atoms with E-state index < -0.39 is 10.0 Å². The summed E-state index contributed by atoms with van der Waals surface area (Å²) in [5.74, 6) is -0.378. The predicted molar refractivity (Wildman–Crippen MR) is 130 cm³/mol. The lowest BCUT2D eigenvalue weighted by Crippen LogP contribution is -2.30. The largest absolute Gasteiger partial charge is 0.296 e. The van der Waals surface area contributed by atoms with Crippen molar-refractivity contribution in [1.82, 2.24) is 10.2 Å². The highest BCUT2D eigenvalue weighted by Gasteiger charge is 2.23. The highest BCUT2D eigenvalue weighted by Crippen LogP contribution is 2.24. The van der Waals surface area contributed by atoms with E-state index >= 15 is 0 Å². The van der Waals surface area contributed by atoms with Crippen LogP contribution in [0.1, 0.15) is 27.9 Å². The summed E-state index contributed by atoms with van der Waals surface area (Å²) in [4.78, 5) is 12.7. The van der Waals surface area contributed by atoms with E-state index in [1.54, 1.807) is 31.2 Å². The number of rotatable bonds is 8. The molecule has 0 atom stereocenters. The molecule has 4 aromatic rings. The first-order valence-corrected chi connectivity index (χ1v) is 12.6.